The molecule has 1 heterocycles. The van der Waals surface area contributed by atoms with Crippen LogP contribution in [0.25, 0.3) is 0 Å². The van der Waals surface area contributed by atoms with Gasteiger partial charge in [0.2, 0.25) is 0 Å². The van der Waals surface area contributed by atoms with Crippen LogP contribution in [0, 0.1) is 0 Å². The smallest absolute Gasteiger partial charge is 0.180 e. The van der Waals surface area contributed by atoms with Crippen molar-refractivity contribution >= 4 is 24.8 Å². The second-order valence-electron chi connectivity index (χ2n) is 0.676. The van der Waals surface area contributed by atoms with E-state index < -0.39 is 0 Å². The van der Waals surface area contributed by atoms with Gasteiger partial charge in [0.05, 0.1) is 6.20 Å². The molecule has 42 valence electrons. The number of halogens is 2. The summed E-state index contributed by atoms with van der Waals surface area (Å²) < 4.78 is 4.47. The van der Waals surface area contributed by atoms with Gasteiger partial charge in [0.15, 0.2) is 6.39 Å². The van der Waals surface area contributed by atoms with Gasteiger partial charge in [0, 0.05) is 0 Å². The van der Waals surface area contributed by atoms with Crippen molar-refractivity contribution in [2.75, 3.05) is 0 Å². The number of nitrogens with zero attached hydrogens (tertiary/aromatic N) is 1. The zero-order chi connectivity index (χ0) is 3.54. The van der Waals surface area contributed by atoms with E-state index >= 15 is 0 Å². The molecule has 0 saturated carbocycles. The number of hydrogen-bond acceptors (Lipinski definition) is 2. The van der Waals surface area contributed by atoms with Gasteiger partial charge < -0.3 is 4.42 Å². The van der Waals surface area contributed by atoms with Crippen molar-refractivity contribution in [1.29, 1.82) is 0 Å². The van der Waals surface area contributed by atoms with Gasteiger partial charge in [-0.2, -0.15) is 0 Å². The molecule has 2 nitrogen and oxygen atoms in total. The van der Waals surface area contributed by atoms with Gasteiger partial charge in [0.1, 0.15) is 6.26 Å². The topological polar surface area (TPSA) is 26.0 Å². The Balaban J connectivity index is 0. The lowest BCUT2D eigenvalue weighted by molar-refractivity contribution is 0.558. The first-order valence-electron chi connectivity index (χ1n) is 1.32. The first kappa shape index (κ1) is 9.92. The lowest BCUT2D eigenvalue weighted by Crippen LogP contribution is -1.38. The van der Waals surface area contributed by atoms with Crippen LogP contribution in [-0.2, 0) is 0 Å². The Morgan fingerprint density at radius 2 is 2.00 bits per heavy atom. The molecule has 0 fully saturated rings. The summed E-state index contributed by atoms with van der Waals surface area (Å²) in [5, 5.41) is 0. The van der Waals surface area contributed by atoms with Gasteiger partial charge in [-0.25, -0.2) is 4.98 Å². The number of hydrogen-bond donors (Lipinski definition) is 0. The zero-order valence-corrected chi connectivity index (χ0v) is 5.04. The van der Waals surface area contributed by atoms with E-state index in [0.29, 0.717) is 0 Å². The third-order valence-corrected chi connectivity index (χ3v) is 0.347. The average molecular weight is 142 g/mol. The van der Waals surface area contributed by atoms with Crippen LogP contribution < -0.4 is 0 Å². The highest BCUT2D eigenvalue weighted by molar-refractivity contribution is 5.85. The fourth-order valence-corrected chi connectivity index (χ4v) is 0.176. The van der Waals surface area contributed by atoms with Crippen molar-refractivity contribution in [2.24, 2.45) is 0 Å². The Morgan fingerprint density at radius 1 is 1.29 bits per heavy atom. The number of rotatable bonds is 0. The highest BCUT2D eigenvalue weighted by atomic mass is 35.5. The van der Waals surface area contributed by atoms with Crippen LogP contribution in [0.3, 0.4) is 0 Å². The van der Waals surface area contributed by atoms with Crippen molar-refractivity contribution in [2.45, 2.75) is 0 Å². The fourth-order valence-electron chi connectivity index (χ4n) is 0.176. The van der Waals surface area contributed by atoms with Gasteiger partial charge in [-0.05, 0) is 0 Å². The Morgan fingerprint density at radius 3 is 2.14 bits per heavy atom. The van der Waals surface area contributed by atoms with Crippen molar-refractivity contribution in [3.8, 4) is 0 Å². The van der Waals surface area contributed by atoms with Crippen molar-refractivity contribution in [1.82, 2.24) is 4.98 Å². The molecule has 0 bridgehead atoms. The molecule has 0 unspecified atom stereocenters. The Labute approximate surface area is 53.8 Å². The summed E-state index contributed by atoms with van der Waals surface area (Å²) in [5.41, 5.74) is 0. The predicted molar refractivity (Wildman–Crippen MR) is 31.0 cm³/mol. The van der Waals surface area contributed by atoms with E-state index in [4.69, 9.17) is 0 Å². The second kappa shape index (κ2) is 5.79. The zero-order valence-electron chi connectivity index (χ0n) is 3.40. The molecule has 0 saturated heterocycles. The van der Waals surface area contributed by atoms with Gasteiger partial charge >= 0.3 is 0 Å². The van der Waals surface area contributed by atoms with E-state index in [1.807, 2.05) is 0 Å². The lowest BCUT2D eigenvalue weighted by Gasteiger charge is -1.47. The van der Waals surface area contributed by atoms with Crippen LogP contribution in [-0.4, -0.2) is 4.98 Å². The van der Waals surface area contributed by atoms with Gasteiger partial charge in [0.25, 0.3) is 0 Å². The molecular formula is C3H5Cl2NO. The molecule has 0 N–H and O–H groups in total. The summed E-state index contributed by atoms with van der Waals surface area (Å²) >= 11 is 0. The summed E-state index contributed by atoms with van der Waals surface area (Å²) in [4.78, 5) is 3.56. The summed E-state index contributed by atoms with van der Waals surface area (Å²) in [5.74, 6) is 0. The van der Waals surface area contributed by atoms with Crippen LogP contribution in [0.15, 0.2) is 23.3 Å². The lowest BCUT2D eigenvalue weighted by atomic mass is 11.0. The molecule has 1 aromatic heterocycles. The third kappa shape index (κ3) is 3.62. The van der Waals surface area contributed by atoms with E-state index in [1.165, 1.54) is 12.7 Å². The van der Waals surface area contributed by atoms with Crippen molar-refractivity contribution in [3.63, 3.8) is 0 Å². The first-order chi connectivity index (χ1) is 2.50. The quantitative estimate of drug-likeness (QED) is 0.548. The number of oxazole rings is 1. The monoisotopic (exact) mass is 141 g/mol. The van der Waals surface area contributed by atoms with Crippen LogP contribution in [0.5, 0.6) is 0 Å². The number of aromatic nitrogens is 1. The summed E-state index contributed by atoms with van der Waals surface area (Å²) in [6.45, 7) is 0. The van der Waals surface area contributed by atoms with Crippen LogP contribution in [0.2, 0.25) is 0 Å². The molecule has 0 amide bonds. The highest BCUT2D eigenvalue weighted by Crippen LogP contribution is 1.72. The molecule has 0 aliphatic heterocycles. The Bertz CT molecular complexity index is 69.4. The maximum absolute atomic E-state index is 4.47. The molecule has 0 aromatic carbocycles. The summed E-state index contributed by atoms with van der Waals surface area (Å²) in [6, 6.07) is 0. The van der Waals surface area contributed by atoms with E-state index in [-0.39, 0.29) is 24.8 Å². The molecule has 4 heteroatoms. The van der Waals surface area contributed by atoms with Gasteiger partial charge in [-0.3, -0.25) is 0 Å². The van der Waals surface area contributed by atoms with Crippen LogP contribution in [0.1, 0.15) is 0 Å². The summed E-state index contributed by atoms with van der Waals surface area (Å²) in [6.07, 6.45) is 4.47. The molecule has 0 atom stereocenters. The van der Waals surface area contributed by atoms with Crippen LogP contribution in [0.4, 0.5) is 0 Å². The first-order valence-corrected chi connectivity index (χ1v) is 1.32. The van der Waals surface area contributed by atoms with E-state index in [2.05, 4.69) is 9.40 Å². The largest absolute Gasteiger partial charge is 0.452 e. The normalized spacial score (nSPS) is 5.71. The predicted octanol–water partition coefficient (Wildman–Crippen LogP) is 1.52. The van der Waals surface area contributed by atoms with Gasteiger partial charge in [-0.1, -0.05) is 0 Å². The molecule has 0 spiro atoms. The average Bonchev–Trinajstić information content (AvgIpc) is 1.76. The Kier molecular flexibility index (Phi) is 8.21. The van der Waals surface area contributed by atoms with Crippen LogP contribution >= 0.6 is 24.8 Å². The highest BCUT2D eigenvalue weighted by Gasteiger charge is 1.59. The standard InChI is InChI=1S/C3H3NO.2ClH/c1-2-5-3-4-1;;/h1-3H;2*1H. The second-order valence-corrected chi connectivity index (χ2v) is 0.676. The molecule has 1 rings (SSSR count). The molecular weight excluding hydrogens is 137 g/mol. The Hall–Kier alpha value is -0.210. The maximum atomic E-state index is 4.47. The molecule has 0 radical (unpaired) electrons. The van der Waals surface area contributed by atoms with Gasteiger partial charge in [-0.15, -0.1) is 24.8 Å². The maximum Gasteiger partial charge on any atom is 0.180 e. The molecule has 0 aliphatic rings. The summed E-state index contributed by atoms with van der Waals surface area (Å²) in [7, 11) is 0. The SMILES string of the molecule is Cl.Cl.c1cocn1. The van der Waals surface area contributed by atoms with E-state index in [0.717, 1.165) is 0 Å². The minimum absolute atomic E-state index is 0. The van der Waals surface area contributed by atoms with E-state index in [9.17, 15) is 0 Å². The van der Waals surface area contributed by atoms with E-state index in [1.54, 1.807) is 6.20 Å². The molecule has 1 aromatic rings. The fraction of sp³-hybridized carbons (Fsp3) is 0. The third-order valence-electron chi connectivity index (χ3n) is 0.347. The van der Waals surface area contributed by atoms with Crippen molar-refractivity contribution in [3.05, 3.63) is 18.9 Å². The van der Waals surface area contributed by atoms with Crippen molar-refractivity contribution < 1.29 is 4.42 Å². The molecule has 7 heavy (non-hydrogen) atoms. The minimum Gasteiger partial charge on any atom is -0.452 e. The minimum atomic E-state index is 0. The molecule has 0 aliphatic carbocycles.